The van der Waals surface area contributed by atoms with Crippen LogP contribution in [0.25, 0.3) is 0 Å². The molecule has 0 aromatic carbocycles. The first-order chi connectivity index (χ1) is 40.8. The number of unbranched alkanes of at least 4 members (excludes halogenated alkanes) is 42. The molecule has 8 atom stereocenters. The Morgan fingerprint density at radius 1 is 0.476 bits per heavy atom. The molecule has 1 heterocycles. The average Bonchev–Trinajstić information content (AvgIpc) is 1.81. The monoisotopic (exact) mass is 1170 g/mol. The Kier molecular flexibility index (Phi) is 37.1. The molecule has 3 aliphatic carbocycles. The quantitative estimate of drug-likeness (QED) is 0.0328. The van der Waals surface area contributed by atoms with Gasteiger partial charge in [-0.05, 0) is 56.1 Å². The van der Waals surface area contributed by atoms with E-state index in [4.69, 9.17) is 18.9 Å². The van der Waals surface area contributed by atoms with Crippen LogP contribution >= 0.6 is 0 Å². The van der Waals surface area contributed by atoms with Gasteiger partial charge in [0.2, 0.25) is 17.7 Å². The summed E-state index contributed by atoms with van der Waals surface area (Å²) >= 11 is 0. The van der Waals surface area contributed by atoms with Gasteiger partial charge in [-0.3, -0.25) is 24.0 Å². The van der Waals surface area contributed by atoms with Crippen LogP contribution in [0, 0.1) is 34.5 Å². The minimum atomic E-state index is -1.43. The summed E-state index contributed by atoms with van der Waals surface area (Å²) in [6, 6.07) is 0. The number of ketones is 2. The van der Waals surface area contributed by atoms with Crippen molar-refractivity contribution >= 4 is 35.4 Å². The lowest BCUT2D eigenvalue weighted by molar-refractivity contribution is -0.238. The molecule has 0 aromatic rings. The lowest BCUT2D eigenvalue weighted by Crippen LogP contribution is -2.72. The Labute approximate surface area is 513 Å². The van der Waals surface area contributed by atoms with Gasteiger partial charge in [-0.15, -0.1) is 0 Å². The zero-order chi connectivity index (χ0) is 60.8. The summed E-state index contributed by atoms with van der Waals surface area (Å²) < 4.78 is 24.6. The number of esters is 4. The fraction of sp³-hybridized carbons (Fsp3) is 0.865. The number of hydrogen-bond donors (Lipinski definition) is 0. The second-order valence-electron chi connectivity index (χ2n) is 27.4. The van der Waals surface area contributed by atoms with Crippen molar-refractivity contribution < 1.29 is 47.7 Å². The van der Waals surface area contributed by atoms with Crippen molar-refractivity contribution in [2.75, 3.05) is 0 Å². The van der Waals surface area contributed by atoms with Gasteiger partial charge >= 0.3 is 23.9 Å². The van der Waals surface area contributed by atoms with E-state index >= 15 is 9.59 Å². The molecular formula is C74H126O10. The Bertz CT molecular complexity index is 1970. The van der Waals surface area contributed by atoms with E-state index in [1.165, 1.54) is 212 Å². The van der Waals surface area contributed by atoms with Crippen LogP contribution in [0.2, 0.25) is 0 Å². The van der Waals surface area contributed by atoms with E-state index in [-0.39, 0.29) is 43.1 Å². The molecule has 0 amide bonds. The number of Topliss-reactive ketones (excluding diaryl/α,β-unsaturated/α-hetero) is 2. The van der Waals surface area contributed by atoms with E-state index in [9.17, 15) is 19.2 Å². The van der Waals surface area contributed by atoms with Gasteiger partial charge in [0.15, 0.2) is 11.5 Å². The van der Waals surface area contributed by atoms with Gasteiger partial charge in [-0.2, -0.15) is 0 Å². The molecule has 2 fully saturated rings. The van der Waals surface area contributed by atoms with E-state index in [1.807, 2.05) is 13.8 Å². The average molecular weight is 1180 g/mol. The molecule has 84 heavy (non-hydrogen) atoms. The molecule has 4 aliphatic rings. The van der Waals surface area contributed by atoms with E-state index in [0.29, 0.717) is 24.8 Å². The Morgan fingerprint density at radius 3 is 1.15 bits per heavy atom. The second-order valence-corrected chi connectivity index (χ2v) is 27.4. The van der Waals surface area contributed by atoms with Crippen molar-refractivity contribution in [1.82, 2.24) is 0 Å². The Morgan fingerprint density at radius 2 is 0.798 bits per heavy atom. The van der Waals surface area contributed by atoms with E-state index in [1.54, 1.807) is 19.9 Å². The van der Waals surface area contributed by atoms with Crippen molar-refractivity contribution in [3.63, 3.8) is 0 Å². The number of carbonyl (C=O) groups is 6. The fourth-order valence-corrected chi connectivity index (χ4v) is 15.3. The van der Waals surface area contributed by atoms with Crippen LogP contribution in [0.3, 0.4) is 0 Å². The van der Waals surface area contributed by atoms with Crippen molar-refractivity contribution in [3.05, 3.63) is 23.2 Å². The summed E-state index contributed by atoms with van der Waals surface area (Å²) in [6.45, 7) is 14.1. The van der Waals surface area contributed by atoms with Crippen LogP contribution < -0.4 is 0 Å². The highest BCUT2D eigenvalue weighted by Gasteiger charge is 2.74. The summed E-state index contributed by atoms with van der Waals surface area (Å²) in [5.41, 5.74) is -2.29. The van der Waals surface area contributed by atoms with Crippen LogP contribution in [0.15, 0.2) is 23.2 Å². The number of rotatable bonds is 51. The molecule has 4 rings (SSSR count). The molecule has 482 valence electrons. The first kappa shape index (κ1) is 73.2. The zero-order valence-electron chi connectivity index (χ0n) is 55.3. The van der Waals surface area contributed by atoms with Crippen molar-refractivity contribution in [3.8, 4) is 0 Å². The molecule has 0 spiro atoms. The summed E-state index contributed by atoms with van der Waals surface area (Å²) in [5, 5.41) is 0. The zero-order valence-corrected chi connectivity index (χ0v) is 55.3. The molecule has 10 nitrogen and oxygen atoms in total. The number of fused-ring (bicyclic) bond motifs is 2. The Balaban J connectivity index is 1.37. The number of hydrogen-bond acceptors (Lipinski definition) is 10. The lowest BCUT2D eigenvalue weighted by Gasteiger charge is -2.64. The van der Waals surface area contributed by atoms with Crippen LogP contribution in [-0.4, -0.2) is 47.7 Å². The van der Waals surface area contributed by atoms with Gasteiger partial charge in [-0.1, -0.05) is 311 Å². The summed E-state index contributed by atoms with van der Waals surface area (Å²) in [5.74, 6) is -6.25. The van der Waals surface area contributed by atoms with Crippen molar-refractivity contribution in [2.45, 2.75) is 375 Å². The minimum Gasteiger partial charge on any atom is -0.459 e. The van der Waals surface area contributed by atoms with Crippen molar-refractivity contribution in [2.24, 2.45) is 34.5 Å². The van der Waals surface area contributed by atoms with Crippen LogP contribution in [0.5, 0.6) is 0 Å². The van der Waals surface area contributed by atoms with Gasteiger partial charge < -0.3 is 18.9 Å². The molecule has 0 aromatic heterocycles. The summed E-state index contributed by atoms with van der Waals surface area (Å²) in [4.78, 5) is 86.3. The van der Waals surface area contributed by atoms with Crippen LogP contribution in [-0.2, 0) is 47.7 Å². The highest BCUT2D eigenvalue weighted by atomic mass is 16.6. The molecule has 1 saturated heterocycles. The first-order valence-corrected chi connectivity index (χ1v) is 36.1. The summed E-state index contributed by atoms with van der Waals surface area (Å²) in [6.07, 6.45) is 54.5. The number of carbonyl (C=O) groups excluding carboxylic acids is 6. The van der Waals surface area contributed by atoms with Crippen molar-refractivity contribution in [1.29, 1.82) is 0 Å². The van der Waals surface area contributed by atoms with Crippen LogP contribution in [0.1, 0.15) is 363 Å². The van der Waals surface area contributed by atoms with Gasteiger partial charge in [0.05, 0.1) is 0 Å². The first-order valence-electron chi connectivity index (χ1n) is 36.1. The van der Waals surface area contributed by atoms with Crippen LogP contribution in [0.4, 0.5) is 0 Å². The van der Waals surface area contributed by atoms with Gasteiger partial charge in [0, 0.05) is 41.9 Å². The minimum absolute atomic E-state index is 0.0594. The molecule has 1 saturated carbocycles. The summed E-state index contributed by atoms with van der Waals surface area (Å²) in [7, 11) is 0. The van der Waals surface area contributed by atoms with E-state index in [2.05, 4.69) is 20.8 Å². The SMILES string of the molecule is CCCCCCCCCCCCCCCCCC(=O)OC1=C[C@@H](C)[C@@H]2C[C@H]3OC(=O)[C@H](OC(=O)CCCCCCCCCCCCCCCCC)[C@H]4C(C)=C(OC(=O)CCCCCCCCCCCCCCCCC)C(=O)[C@H]([C@@]2(C)C1=O)[C@]43C. The van der Waals surface area contributed by atoms with E-state index in [0.717, 1.165) is 57.8 Å². The number of ether oxygens (including phenoxy) is 4. The second kappa shape index (κ2) is 42.6. The maximum Gasteiger partial charge on any atom is 0.348 e. The van der Waals surface area contributed by atoms with Gasteiger partial charge in [-0.25, -0.2) is 4.79 Å². The predicted molar refractivity (Wildman–Crippen MR) is 342 cm³/mol. The molecule has 1 aliphatic heterocycles. The molecule has 0 radical (unpaired) electrons. The largest absolute Gasteiger partial charge is 0.459 e. The van der Waals surface area contributed by atoms with Gasteiger partial charge in [0.25, 0.3) is 0 Å². The normalized spacial score (nSPS) is 23.7. The third-order valence-corrected chi connectivity index (χ3v) is 20.3. The molecular weight excluding hydrogens is 1050 g/mol. The molecule has 0 N–H and O–H groups in total. The molecule has 0 bridgehead atoms. The molecule has 10 heteroatoms. The number of allylic oxidation sites excluding steroid dienone is 3. The highest BCUT2D eigenvalue weighted by Crippen LogP contribution is 2.67. The highest BCUT2D eigenvalue weighted by molar-refractivity contribution is 6.09. The maximum absolute atomic E-state index is 15.5. The topological polar surface area (TPSA) is 139 Å². The van der Waals surface area contributed by atoms with Gasteiger partial charge in [0.1, 0.15) is 6.10 Å². The van der Waals surface area contributed by atoms with E-state index < -0.39 is 76.2 Å². The smallest absolute Gasteiger partial charge is 0.348 e. The predicted octanol–water partition coefficient (Wildman–Crippen LogP) is 20.9. The third kappa shape index (κ3) is 24.3. The maximum atomic E-state index is 15.5. The standard InChI is InChI=1S/C74H126O10/c1-8-11-14-17-20-23-26-29-32-35-38-41-44-47-50-53-63(75)81-61-56-58(4)60-57-62-74(7)66(69(72(80)82-62)84-65(77)55-52-49-46-43-40-37-34-31-28-25-22-19-16-13-10-3)59(5)68(67(78)70(74)73(60,6)71(61)79)83-64(76)54-51-48-45-42-39-36-33-30-27-24-21-18-15-12-9-2/h56,58,60,62,66,69-70H,8-55,57H2,1-7H3/t58-,60+,62-,66-,69-,70-,73+,74+/m1/s1. The molecule has 0 unspecified atom stereocenters. The fourth-order valence-electron chi connectivity index (χ4n) is 15.3. The lowest BCUT2D eigenvalue weighted by atomic mass is 9.40. The Hall–Kier alpha value is -3.30. The third-order valence-electron chi connectivity index (χ3n) is 20.3.